The Kier molecular flexibility index (Phi) is 3.86. The van der Waals surface area contributed by atoms with E-state index in [0.29, 0.717) is 5.92 Å². The number of aromatic nitrogens is 5. The monoisotopic (exact) mass is 286 g/mol. The standard InChI is InChI=1S/C15H22N6/c1-11(2)9-20-10-17-19-14(20)13-5-4-8-21(13)15-16-7-6-12(3)18-15/h6-7,10-11,13H,4-5,8-9H2,1-3H3. The van der Waals surface area contributed by atoms with Gasteiger partial charge in [0, 0.05) is 25.0 Å². The average Bonchev–Trinajstić information content (AvgIpc) is 3.06. The highest BCUT2D eigenvalue weighted by Crippen LogP contribution is 2.33. The van der Waals surface area contributed by atoms with Gasteiger partial charge in [-0.2, -0.15) is 0 Å². The van der Waals surface area contributed by atoms with Crippen LogP contribution in [0.5, 0.6) is 0 Å². The van der Waals surface area contributed by atoms with E-state index in [1.165, 1.54) is 0 Å². The highest BCUT2D eigenvalue weighted by atomic mass is 15.3. The van der Waals surface area contributed by atoms with Crippen molar-refractivity contribution in [1.82, 2.24) is 24.7 Å². The van der Waals surface area contributed by atoms with E-state index in [0.717, 1.165) is 43.4 Å². The Morgan fingerprint density at radius 3 is 3.00 bits per heavy atom. The van der Waals surface area contributed by atoms with E-state index < -0.39 is 0 Å². The fourth-order valence-electron chi connectivity index (χ4n) is 2.90. The SMILES string of the molecule is Cc1ccnc(N2CCCC2c2nncn2CC(C)C)n1. The maximum atomic E-state index is 4.56. The molecule has 1 unspecified atom stereocenters. The fourth-order valence-corrected chi connectivity index (χ4v) is 2.90. The van der Waals surface area contributed by atoms with Gasteiger partial charge in [-0.25, -0.2) is 9.97 Å². The lowest BCUT2D eigenvalue weighted by atomic mass is 10.2. The summed E-state index contributed by atoms with van der Waals surface area (Å²) < 4.78 is 2.17. The van der Waals surface area contributed by atoms with E-state index in [-0.39, 0.29) is 6.04 Å². The first-order valence-corrected chi connectivity index (χ1v) is 7.59. The first-order chi connectivity index (χ1) is 10.1. The van der Waals surface area contributed by atoms with Crippen LogP contribution in [0, 0.1) is 12.8 Å². The lowest BCUT2D eigenvalue weighted by Crippen LogP contribution is -2.27. The normalized spacial score (nSPS) is 18.7. The number of aryl methyl sites for hydroxylation is 1. The zero-order chi connectivity index (χ0) is 14.8. The van der Waals surface area contributed by atoms with Crippen LogP contribution in [-0.2, 0) is 6.54 Å². The summed E-state index contributed by atoms with van der Waals surface area (Å²) in [4.78, 5) is 11.3. The maximum absolute atomic E-state index is 4.56. The van der Waals surface area contributed by atoms with Gasteiger partial charge in [-0.3, -0.25) is 0 Å². The molecular formula is C15H22N6. The molecule has 1 fully saturated rings. The minimum absolute atomic E-state index is 0.230. The second-order valence-corrected chi connectivity index (χ2v) is 6.08. The predicted molar refractivity (Wildman–Crippen MR) is 81.0 cm³/mol. The molecule has 0 radical (unpaired) electrons. The van der Waals surface area contributed by atoms with Crippen molar-refractivity contribution in [2.45, 2.75) is 46.2 Å². The van der Waals surface area contributed by atoms with Crippen LogP contribution in [0.25, 0.3) is 0 Å². The van der Waals surface area contributed by atoms with Gasteiger partial charge in [-0.05, 0) is 31.7 Å². The van der Waals surface area contributed by atoms with Crippen molar-refractivity contribution in [3.05, 3.63) is 30.1 Å². The van der Waals surface area contributed by atoms with Crippen LogP contribution >= 0.6 is 0 Å². The van der Waals surface area contributed by atoms with Crippen LogP contribution in [0.3, 0.4) is 0 Å². The molecule has 0 N–H and O–H groups in total. The van der Waals surface area contributed by atoms with Crippen molar-refractivity contribution in [3.8, 4) is 0 Å². The molecule has 0 saturated carbocycles. The van der Waals surface area contributed by atoms with E-state index in [1.807, 2.05) is 25.5 Å². The Morgan fingerprint density at radius 1 is 1.38 bits per heavy atom. The van der Waals surface area contributed by atoms with Gasteiger partial charge in [0.05, 0.1) is 6.04 Å². The largest absolute Gasteiger partial charge is 0.331 e. The molecule has 3 rings (SSSR count). The second-order valence-electron chi connectivity index (χ2n) is 6.08. The molecule has 1 aliphatic heterocycles. The number of anilines is 1. The lowest BCUT2D eigenvalue weighted by Gasteiger charge is -2.24. The summed E-state index contributed by atoms with van der Waals surface area (Å²) >= 11 is 0. The predicted octanol–water partition coefficient (Wildman–Crippen LogP) is 2.37. The van der Waals surface area contributed by atoms with E-state index in [4.69, 9.17) is 0 Å². The maximum Gasteiger partial charge on any atom is 0.226 e. The van der Waals surface area contributed by atoms with Crippen LogP contribution < -0.4 is 4.90 Å². The number of hydrogen-bond acceptors (Lipinski definition) is 5. The van der Waals surface area contributed by atoms with Gasteiger partial charge in [-0.15, -0.1) is 10.2 Å². The number of rotatable bonds is 4. The summed E-state index contributed by atoms with van der Waals surface area (Å²) in [6.07, 6.45) is 5.87. The molecular weight excluding hydrogens is 264 g/mol. The van der Waals surface area contributed by atoms with Crippen molar-refractivity contribution >= 4 is 5.95 Å². The first kappa shape index (κ1) is 14.0. The molecule has 21 heavy (non-hydrogen) atoms. The van der Waals surface area contributed by atoms with Crippen molar-refractivity contribution in [3.63, 3.8) is 0 Å². The number of nitrogens with zero attached hydrogens (tertiary/aromatic N) is 6. The molecule has 0 aliphatic carbocycles. The highest BCUT2D eigenvalue weighted by molar-refractivity contribution is 5.35. The van der Waals surface area contributed by atoms with Crippen LogP contribution in [0.4, 0.5) is 5.95 Å². The molecule has 3 heterocycles. The summed E-state index contributed by atoms with van der Waals surface area (Å²) in [6.45, 7) is 8.33. The molecule has 0 spiro atoms. The smallest absolute Gasteiger partial charge is 0.226 e. The Hall–Kier alpha value is -1.98. The Labute approximate surface area is 125 Å². The summed E-state index contributed by atoms with van der Waals surface area (Å²) in [5, 5.41) is 8.48. The summed E-state index contributed by atoms with van der Waals surface area (Å²) in [5.41, 5.74) is 0.995. The summed E-state index contributed by atoms with van der Waals surface area (Å²) in [6, 6.07) is 2.16. The molecule has 6 nitrogen and oxygen atoms in total. The van der Waals surface area contributed by atoms with Crippen LogP contribution in [0.1, 0.15) is 44.2 Å². The molecule has 0 aromatic carbocycles. The molecule has 1 atom stereocenters. The minimum atomic E-state index is 0.230. The zero-order valence-electron chi connectivity index (χ0n) is 12.9. The summed E-state index contributed by atoms with van der Waals surface area (Å²) in [7, 11) is 0. The third kappa shape index (κ3) is 2.89. The van der Waals surface area contributed by atoms with Crippen molar-refractivity contribution in [2.75, 3.05) is 11.4 Å². The van der Waals surface area contributed by atoms with E-state index in [9.17, 15) is 0 Å². The molecule has 112 valence electrons. The Bertz CT molecular complexity index is 606. The quantitative estimate of drug-likeness (QED) is 0.863. The Morgan fingerprint density at radius 2 is 2.24 bits per heavy atom. The Balaban J connectivity index is 1.89. The van der Waals surface area contributed by atoms with E-state index >= 15 is 0 Å². The van der Waals surface area contributed by atoms with Gasteiger partial charge in [0.2, 0.25) is 5.95 Å². The van der Waals surface area contributed by atoms with E-state index in [1.54, 1.807) is 0 Å². The van der Waals surface area contributed by atoms with Crippen molar-refractivity contribution < 1.29 is 0 Å². The first-order valence-electron chi connectivity index (χ1n) is 7.59. The molecule has 0 amide bonds. The molecule has 6 heteroatoms. The van der Waals surface area contributed by atoms with Crippen LogP contribution in [0.15, 0.2) is 18.6 Å². The fraction of sp³-hybridized carbons (Fsp3) is 0.600. The van der Waals surface area contributed by atoms with Crippen LogP contribution in [-0.4, -0.2) is 31.3 Å². The topological polar surface area (TPSA) is 59.7 Å². The van der Waals surface area contributed by atoms with Crippen molar-refractivity contribution in [1.29, 1.82) is 0 Å². The van der Waals surface area contributed by atoms with Gasteiger partial charge < -0.3 is 9.47 Å². The van der Waals surface area contributed by atoms with Gasteiger partial charge in [0.25, 0.3) is 0 Å². The molecule has 0 bridgehead atoms. The van der Waals surface area contributed by atoms with Gasteiger partial charge in [0.1, 0.15) is 6.33 Å². The third-order valence-corrected chi connectivity index (χ3v) is 3.80. The van der Waals surface area contributed by atoms with E-state index in [2.05, 4.69) is 43.5 Å². The molecule has 2 aromatic heterocycles. The molecule has 1 saturated heterocycles. The molecule has 2 aromatic rings. The van der Waals surface area contributed by atoms with Crippen LogP contribution in [0.2, 0.25) is 0 Å². The molecule has 1 aliphatic rings. The second kappa shape index (κ2) is 5.79. The van der Waals surface area contributed by atoms with Gasteiger partial charge in [-0.1, -0.05) is 13.8 Å². The third-order valence-electron chi connectivity index (χ3n) is 3.80. The number of hydrogen-bond donors (Lipinski definition) is 0. The zero-order valence-corrected chi connectivity index (χ0v) is 12.9. The van der Waals surface area contributed by atoms with Gasteiger partial charge >= 0.3 is 0 Å². The lowest BCUT2D eigenvalue weighted by molar-refractivity contribution is 0.486. The minimum Gasteiger partial charge on any atom is -0.331 e. The average molecular weight is 286 g/mol. The summed E-state index contributed by atoms with van der Waals surface area (Å²) in [5.74, 6) is 2.41. The van der Waals surface area contributed by atoms with Gasteiger partial charge in [0.15, 0.2) is 5.82 Å². The highest BCUT2D eigenvalue weighted by Gasteiger charge is 2.31. The van der Waals surface area contributed by atoms with Crippen molar-refractivity contribution in [2.24, 2.45) is 5.92 Å².